The van der Waals surface area contributed by atoms with Gasteiger partial charge in [-0.1, -0.05) is 35.9 Å². The van der Waals surface area contributed by atoms with E-state index in [2.05, 4.69) is 10.2 Å². The van der Waals surface area contributed by atoms with Gasteiger partial charge >= 0.3 is 5.97 Å². The van der Waals surface area contributed by atoms with E-state index >= 15 is 0 Å². The van der Waals surface area contributed by atoms with Gasteiger partial charge in [-0.15, -0.1) is 0 Å². The Morgan fingerprint density at radius 3 is 2.26 bits per heavy atom. The molecule has 35 heavy (non-hydrogen) atoms. The second-order valence-electron chi connectivity index (χ2n) is 8.31. The summed E-state index contributed by atoms with van der Waals surface area (Å²) in [7, 11) is 1.31. The minimum absolute atomic E-state index is 0.00571. The Labute approximate surface area is 209 Å². The summed E-state index contributed by atoms with van der Waals surface area (Å²) in [5.74, 6) is -0.885. The van der Waals surface area contributed by atoms with Gasteiger partial charge in [0.15, 0.2) is 0 Å². The van der Waals surface area contributed by atoms with Crippen molar-refractivity contribution in [3.05, 3.63) is 94.0 Å². The van der Waals surface area contributed by atoms with Crippen LogP contribution in [0.25, 0.3) is 0 Å². The fraction of sp³-hybridized carbons (Fsp3) is 0.222. The molecule has 8 heteroatoms. The molecule has 4 rings (SSSR count). The van der Waals surface area contributed by atoms with Gasteiger partial charge in [-0.05, 0) is 55.0 Å². The summed E-state index contributed by atoms with van der Waals surface area (Å²) < 4.78 is 4.85. The zero-order valence-corrected chi connectivity index (χ0v) is 20.3. The van der Waals surface area contributed by atoms with Crippen LogP contribution in [0.1, 0.15) is 36.6 Å². The third kappa shape index (κ3) is 5.46. The number of benzene rings is 3. The molecule has 0 radical (unpaired) electrons. The predicted molar refractivity (Wildman–Crippen MR) is 136 cm³/mol. The van der Waals surface area contributed by atoms with E-state index in [1.54, 1.807) is 30.3 Å². The fourth-order valence-electron chi connectivity index (χ4n) is 4.06. The molecule has 1 N–H and O–H groups in total. The van der Waals surface area contributed by atoms with E-state index in [4.69, 9.17) is 16.3 Å². The molecule has 1 aliphatic rings. The lowest BCUT2D eigenvalue weighted by Gasteiger charge is -2.37. The molecule has 0 aromatic heterocycles. The molecule has 1 aliphatic heterocycles. The van der Waals surface area contributed by atoms with Crippen LogP contribution in [0.5, 0.6) is 0 Å². The first-order valence-electron chi connectivity index (χ1n) is 11.3. The molecule has 180 valence electrons. The highest BCUT2D eigenvalue weighted by atomic mass is 35.5. The number of anilines is 2. The standard InChI is InChI=1S/C27H26ClN3O4/c1-18-8-10-21(22(28)16-18)25(32)29-23-17-20(27(34)35-2)9-11-24(23)30-12-14-31(15-13-30)26(33)19-6-4-3-5-7-19/h3-11,16-17H,12-15H2,1-2H3,(H,29,32). The third-order valence-corrected chi connectivity index (χ3v) is 6.28. The zero-order chi connectivity index (χ0) is 24.9. The normalized spacial score (nSPS) is 13.3. The van der Waals surface area contributed by atoms with Crippen LogP contribution in [0.15, 0.2) is 66.7 Å². The Balaban J connectivity index is 1.56. The summed E-state index contributed by atoms with van der Waals surface area (Å²) in [6, 6.07) is 19.5. The molecule has 7 nitrogen and oxygen atoms in total. The highest BCUT2D eigenvalue weighted by Crippen LogP contribution is 2.30. The van der Waals surface area contributed by atoms with Gasteiger partial charge in [0.2, 0.25) is 0 Å². The van der Waals surface area contributed by atoms with E-state index in [0.29, 0.717) is 53.6 Å². The average molecular weight is 492 g/mol. The SMILES string of the molecule is COC(=O)c1ccc(N2CCN(C(=O)c3ccccc3)CC2)c(NC(=O)c2ccc(C)cc2Cl)c1. The second kappa shape index (κ2) is 10.6. The highest BCUT2D eigenvalue weighted by molar-refractivity contribution is 6.34. The van der Waals surface area contributed by atoms with Crippen molar-refractivity contribution in [2.24, 2.45) is 0 Å². The van der Waals surface area contributed by atoms with Gasteiger partial charge < -0.3 is 19.9 Å². The number of methoxy groups -OCH3 is 1. The van der Waals surface area contributed by atoms with Crippen molar-refractivity contribution >= 4 is 40.8 Å². The Morgan fingerprint density at radius 2 is 1.60 bits per heavy atom. The van der Waals surface area contributed by atoms with E-state index in [-0.39, 0.29) is 11.8 Å². The number of hydrogen-bond acceptors (Lipinski definition) is 5. The monoisotopic (exact) mass is 491 g/mol. The number of hydrogen-bond donors (Lipinski definition) is 1. The summed E-state index contributed by atoms with van der Waals surface area (Å²) in [5.41, 5.74) is 3.48. The van der Waals surface area contributed by atoms with Crippen molar-refractivity contribution in [3.63, 3.8) is 0 Å². The molecule has 0 saturated carbocycles. The number of ether oxygens (including phenoxy) is 1. The van der Waals surface area contributed by atoms with Gasteiger partial charge in [0.1, 0.15) is 0 Å². The first-order chi connectivity index (χ1) is 16.9. The van der Waals surface area contributed by atoms with E-state index in [1.807, 2.05) is 48.2 Å². The lowest BCUT2D eigenvalue weighted by atomic mass is 10.1. The molecule has 1 heterocycles. The van der Waals surface area contributed by atoms with E-state index < -0.39 is 5.97 Å². The van der Waals surface area contributed by atoms with Crippen molar-refractivity contribution in [1.82, 2.24) is 4.90 Å². The van der Waals surface area contributed by atoms with Gasteiger partial charge in [0.05, 0.1) is 34.6 Å². The summed E-state index contributed by atoms with van der Waals surface area (Å²) in [4.78, 5) is 41.9. The number of carbonyl (C=O) groups excluding carboxylic acids is 3. The van der Waals surface area contributed by atoms with Crippen LogP contribution in [0.4, 0.5) is 11.4 Å². The van der Waals surface area contributed by atoms with E-state index in [1.165, 1.54) is 7.11 Å². The van der Waals surface area contributed by atoms with Crippen molar-refractivity contribution < 1.29 is 19.1 Å². The maximum atomic E-state index is 13.0. The average Bonchev–Trinajstić information content (AvgIpc) is 2.88. The molecule has 1 fully saturated rings. The van der Waals surface area contributed by atoms with Crippen molar-refractivity contribution in [2.45, 2.75) is 6.92 Å². The highest BCUT2D eigenvalue weighted by Gasteiger charge is 2.25. The van der Waals surface area contributed by atoms with Crippen LogP contribution in [0.3, 0.4) is 0 Å². The number of carbonyl (C=O) groups is 3. The predicted octanol–water partition coefficient (Wildman–Crippen LogP) is 4.65. The summed E-state index contributed by atoms with van der Waals surface area (Å²) in [6.07, 6.45) is 0. The topological polar surface area (TPSA) is 79.0 Å². The van der Waals surface area contributed by atoms with Crippen LogP contribution in [-0.2, 0) is 4.74 Å². The maximum absolute atomic E-state index is 13.0. The Hall–Kier alpha value is -3.84. The molecule has 3 aromatic rings. The number of amides is 2. The van der Waals surface area contributed by atoms with Gasteiger partial charge in [0.25, 0.3) is 11.8 Å². The Morgan fingerprint density at radius 1 is 0.886 bits per heavy atom. The van der Waals surface area contributed by atoms with Gasteiger partial charge in [-0.25, -0.2) is 4.79 Å². The number of esters is 1. The zero-order valence-electron chi connectivity index (χ0n) is 19.6. The van der Waals surface area contributed by atoms with Gasteiger partial charge in [-0.2, -0.15) is 0 Å². The molecule has 2 amide bonds. The van der Waals surface area contributed by atoms with Gasteiger partial charge in [-0.3, -0.25) is 9.59 Å². The third-order valence-electron chi connectivity index (χ3n) is 5.96. The number of nitrogens with one attached hydrogen (secondary N) is 1. The quantitative estimate of drug-likeness (QED) is 0.525. The molecule has 0 aliphatic carbocycles. The molecular formula is C27H26ClN3O4. The summed E-state index contributed by atoms with van der Waals surface area (Å²) in [6.45, 7) is 4.11. The smallest absolute Gasteiger partial charge is 0.337 e. The Kier molecular flexibility index (Phi) is 7.36. The number of halogens is 1. The Bertz CT molecular complexity index is 1250. The molecule has 1 saturated heterocycles. The lowest BCUT2D eigenvalue weighted by Crippen LogP contribution is -2.49. The number of rotatable bonds is 5. The van der Waals surface area contributed by atoms with Crippen LogP contribution >= 0.6 is 11.6 Å². The number of nitrogens with zero attached hydrogens (tertiary/aromatic N) is 2. The van der Waals surface area contributed by atoms with Crippen molar-refractivity contribution in [1.29, 1.82) is 0 Å². The summed E-state index contributed by atoms with van der Waals surface area (Å²) in [5, 5.41) is 3.26. The van der Waals surface area contributed by atoms with Crippen molar-refractivity contribution in [3.8, 4) is 0 Å². The fourth-order valence-corrected chi connectivity index (χ4v) is 4.39. The molecule has 0 atom stereocenters. The van der Waals surface area contributed by atoms with Crippen LogP contribution in [0, 0.1) is 6.92 Å². The minimum Gasteiger partial charge on any atom is -0.465 e. The molecular weight excluding hydrogens is 466 g/mol. The van der Waals surface area contributed by atoms with E-state index in [0.717, 1.165) is 11.3 Å². The molecule has 3 aromatic carbocycles. The molecule has 0 unspecified atom stereocenters. The van der Waals surface area contributed by atoms with Crippen LogP contribution in [0.2, 0.25) is 5.02 Å². The molecule has 0 spiro atoms. The first-order valence-corrected chi connectivity index (χ1v) is 11.6. The second-order valence-corrected chi connectivity index (χ2v) is 8.71. The summed E-state index contributed by atoms with van der Waals surface area (Å²) >= 11 is 6.30. The first kappa shape index (κ1) is 24.3. The maximum Gasteiger partial charge on any atom is 0.337 e. The van der Waals surface area contributed by atoms with E-state index in [9.17, 15) is 14.4 Å². The number of piperazine rings is 1. The largest absolute Gasteiger partial charge is 0.465 e. The lowest BCUT2D eigenvalue weighted by molar-refractivity contribution is 0.0600. The molecule has 0 bridgehead atoms. The van der Waals surface area contributed by atoms with Crippen LogP contribution in [-0.4, -0.2) is 56.0 Å². The van der Waals surface area contributed by atoms with Gasteiger partial charge in [0, 0.05) is 31.7 Å². The number of aryl methyl sites for hydroxylation is 1. The minimum atomic E-state index is -0.501. The van der Waals surface area contributed by atoms with Crippen molar-refractivity contribution in [2.75, 3.05) is 43.5 Å². The van der Waals surface area contributed by atoms with Crippen LogP contribution < -0.4 is 10.2 Å².